The molecule has 236 valence electrons. The smallest absolute Gasteiger partial charge is 0.339 e. The van der Waals surface area contributed by atoms with Gasteiger partial charge in [0.1, 0.15) is 30.5 Å². The molecular formula is C33H44O10. The Morgan fingerprint density at radius 1 is 0.953 bits per heavy atom. The zero-order valence-corrected chi connectivity index (χ0v) is 26.0. The molecule has 0 bridgehead atoms. The Morgan fingerprint density at radius 2 is 1.60 bits per heavy atom. The number of ketones is 1. The maximum Gasteiger partial charge on any atom is 0.339 e. The van der Waals surface area contributed by atoms with Crippen LogP contribution in [0, 0.1) is 57.7 Å². The van der Waals surface area contributed by atoms with E-state index < -0.39 is 87.8 Å². The van der Waals surface area contributed by atoms with Crippen LogP contribution in [0.2, 0.25) is 0 Å². The van der Waals surface area contributed by atoms with Crippen molar-refractivity contribution in [3.8, 4) is 0 Å². The number of carbonyl (C=O) groups excluding carboxylic acids is 4. The molecule has 0 radical (unpaired) electrons. The normalized spacial score (nSPS) is 57.7. The van der Waals surface area contributed by atoms with E-state index in [1.807, 2.05) is 20.8 Å². The summed E-state index contributed by atoms with van der Waals surface area (Å²) in [7, 11) is 0. The Kier molecular flexibility index (Phi) is 5.95. The van der Waals surface area contributed by atoms with E-state index in [2.05, 4.69) is 13.5 Å². The number of Topliss-reactive ketones (excluding diaryl/α,β-unsaturated/α-hetero) is 1. The summed E-state index contributed by atoms with van der Waals surface area (Å²) in [6.45, 7) is 16.6. The van der Waals surface area contributed by atoms with Crippen LogP contribution in [0.5, 0.6) is 0 Å². The van der Waals surface area contributed by atoms with Crippen molar-refractivity contribution in [1.29, 1.82) is 0 Å². The highest BCUT2D eigenvalue weighted by molar-refractivity contribution is 5.88. The molecule has 5 saturated carbocycles. The largest absolute Gasteiger partial charge is 0.462 e. The number of hydrogen-bond donors (Lipinski definition) is 2. The fraction of sp³-hybridized carbons (Fsp3) is 0.818. The second-order valence-electron chi connectivity index (χ2n) is 15.6. The molecule has 7 rings (SSSR count). The van der Waals surface area contributed by atoms with Crippen molar-refractivity contribution in [2.24, 2.45) is 57.7 Å². The van der Waals surface area contributed by atoms with Crippen molar-refractivity contribution in [3.05, 3.63) is 12.2 Å². The van der Waals surface area contributed by atoms with Crippen LogP contribution in [-0.2, 0) is 38.1 Å². The second kappa shape index (κ2) is 8.69. The first kappa shape index (κ1) is 29.4. The number of ether oxygens (including phenoxy) is 4. The van der Waals surface area contributed by atoms with Crippen molar-refractivity contribution in [2.75, 3.05) is 0 Å². The Labute approximate surface area is 251 Å². The number of carbonyl (C=O) groups is 4. The third-order valence-corrected chi connectivity index (χ3v) is 14.0. The maximum absolute atomic E-state index is 14.2. The number of esters is 3. The molecular weight excluding hydrogens is 556 g/mol. The Morgan fingerprint density at radius 3 is 2.23 bits per heavy atom. The van der Waals surface area contributed by atoms with E-state index in [1.165, 1.54) is 20.8 Å². The molecule has 5 aliphatic carbocycles. The fourth-order valence-electron chi connectivity index (χ4n) is 12.0. The number of rotatable bonds is 2. The summed E-state index contributed by atoms with van der Waals surface area (Å²) < 4.78 is 24.3. The molecule has 0 aromatic rings. The monoisotopic (exact) mass is 600 g/mol. The molecule has 10 nitrogen and oxygen atoms in total. The minimum atomic E-state index is -1.84. The predicted molar refractivity (Wildman–Crippen MR) is 149 cm³/mol. The molecule has 0 aromatic heterocycles. The van der Waals surface area contributed by atoms with E-state index >= 15 is 0 Å². The van der Waals surface area contributed by atoms with E-state index in [-0.39, 0.29) is 35.7 Å². The van der Waals surface area contributed by atoms with Crippen LogP contribution in [0.25, 0.3) is 0 Å². The van der Waals surface area contributed by atoms with Crippen LogP contribution in [0.4, 0.5) is 0 Å². The van der Waals surface area contributed by atoms with Crippen LogP contribution in [0.1, 0.15) is 67.7 Å². The van der Waals surface area contributed by atoms with Gasteiger partial charge in [-0.2, -0.15) is 0 Å². The van der Waals surface area contributed by atoms with Crippen LogP contribution >= 0.6 is 0 Å². The van der Waals surface area contributed by atoms with Gasteiger partial charge in [-0.25, -0.2) is 4.79 Å². The molecule has 0 unspecified atom stereocenters. The number of fused-ring (bicyclic) bond motifs is 8. The zero-order valence-electron chi connectivity index (χ0n) is 26.0. The van der Waals surface area contributed by atoms with Gasteiger partial charge in [0.25, 0.3) is 0 Å². The molecule has 0 aromatic carbocycles. The lowest BCUT2D eigenvalue weighted by atomic mass is 9.41. The number of aliphatic hydroxyl groups is 2. The minimum Gasteiger partial charge on any atom is -0.462 e. The SMILES string of the molecule is C=C1C[C@@H](C)[C@H]2[C@H]3[C@H](OC(=O)[C@@](C)(O)[C@@]13C)[C@H]1[C@@H]3[C@@H](O)C(=O)[C@H]4C[C@@H]5O[C@@H]5[C@H](OC(C)=O)[C@]4(C)[C@H]3C[C@H](OC(C)=O)[C@]21C. The summed E-state index contributed by atoms with van der Waals surface area (Å²) in [5.41, 5.74) is -3.84. The van der Waals surface area contributed by atoms with Gasteiger partial charge in [-0.1, -0.05) is 39.8 Å². The summed E-state index contributed by atoms with van der Waals surface area (Å²) in [6.07, 6.45) is -2.73. The Hall–Kier alpha value is -2.30. The van der Waals surface area contributed by atoms with Crippen LogP contribution in [-0.4, -0.2) is 76.1 Å². The number of aliphatic hydroxyl groups excluding tert-OH is 1. The molecule has 43 heavy (non-hydrogen) atoms. The highest BCUT2D eigenvalue weighted by Gasteiger charge is 2.81. The molecule has 2 N–H and O–H groups in total. The summed E-state index contributed by atoms with van der Waals surface area (Å²) in [4.78, 5) is 53.0. The topological polar surface area (TPSA) is 149 Å². The summed E-state index contributed by atoms with van der Waals surface area (Å²) in [5, 5.41) is 23.7. The van der Waals surface area contributed by atoms with E-state index in [4.69, 9.17) is 18.9 Å². The molecule has 7 fully saturated rings. The summed E-state index contributed by atoms with van der Waals surface area (Å²) in [6, 6.07) is 0. The molecule has 10 heteroatoms. The standard InChI is InChI=1S/C33H44O10/c1-12-9-13(2)32(7)23-21(12)31(6)19(40-14(3)34)11-16-20(22(31)27(23)43-29(38)33(32,8)39)25(37)24(36)17-10-18-26(42-18)28(30(16,17)5)41-15(4)35/h12,16-23,25-28,37,39H,2,9-11H2,1,3-8H3/t12-,16+,17-,18+,19+,20-,21+,22-,23+,25-,26+,27-,28+,30-,31-,32+,33-/m1/s1. The molecule has 17 atom stereocenters. The van der Waals surface area contributed by atoms with E-state index in [9.17, 15) is 29.4 Å². The van der Waals surface area contributed by atoms with Gasteiger partial charge in [-0.15, -0.1) is 0 Å². The fourth-order valence-corrected chi connectivity index (χ4v) is 12.0. The minimum absolute atomic E-state index is 0.0363. The Bertz CT molecular complexity index is 1340. The van der Waals surface area contributed by atoms with Gasteiger partial charge in [0, 0.05) is 53.8 Å². The van der Waals surface area contributed by atoms with Crippen molar-refractivity contribution >= 4 is 23.7 Å². The van der Waals surface area contributed by atoms with Gasteiger partial charge in [0.05, 0.1) is 6.10 Å². The van der Waals surface area contributed by atoms with Crippen LogP contribution in [0.15, 0.2) is 12.2 Å². The molecule has 0 spiro atoms. The van der Waals surface area contributed by atoms with Crippen molar-refractivity contribution < 1.29 is 48.3 Å². The first-order chi connectivity index (χ1) is 19.9. The zero-order chi connectivity index (χ0) is 31.3. The maximum atomic E-state index is 14.2. The van der Waals surface area contributed by atoms with E-state index in [0.717, 1.165) is 5.57 Å². The van der Waals surface area contributed by atoms with E-state index in [0.29, 0.717) is 19.3 Å². The quantitative estimate of drug-likeness (QED) is 0.209. The lowest BCUT2D eigenvalue weighted by Crippen LogP contribution is -2.70. The predicted octanol–water partition coefficient (Wildman–Crippen LogP) is 2.37. The summed E-state index contributed by atoms with van der Waals surface area (Å²) in [5.74, 6) is -4.82. The van der Waals surface area contributed by atoms with Gasteiger partial charge in [0.15, 0.2) is 11.4 Å². The molecule has 2 saturated heterocycles. The van der Waals surface area contributed by atoms with Gasteiger partial charge >= 0.3 is 17.9 Å². The average molecular weight is 601 g/mol. The first-order valence-electron chi connectivity index (χ1n) is 15.8. The first-order valence-corrected chi connectivity index (χ1v) is 15.8. The van der Waals surface area contributed by atoms with Gasteiger partial charge in [-0.05, 0) is 43.9 Å². The third-order valence-electron chi connectivity index (χ3n) is 14.0. The van der Waals surface area contributed by atoms with Crippen molar-refractivity contribution in [3.63, 3.8) is 0 Å². The van der Waals surface area contributed by atoms with Crippen molar-refractivity contribution in [2.45, 2.75) is 110 Å². The molecule has 7 aliphatic rings. The average Bonchev–Trinajstić information content (AvgIpc) is 3.62. The lowest BCUT2D eigenvalue weighted by molar-refractivity contribution is -0.240. The second-order valence-corrected chi connectivity index (χ2v) is 15.6. The number of hydrogen-bond acceptors (Lipinski definition) is 10. The van der Waals surface area contributed by atoms with Crippen molar-refractivity contribution in [1.82, 2.24) is 0 Å². The Balaban J connectivity index is 1.45. The van der Waals surface area contributed by atoms with Gasteiger partial charge < -0.3 is 29.2 Å². The summed E-state index contributed by atoms with van der Waals surface area (Å²) >= 11 is 0. The third kappa shape index (κ3) is 3.30. The van der Waals surface area contributed by atoms with Gasteiger partial charge in [0.2, 0.25) is 0 Å². The highest BCUT2D eigenvalue weighted by atomic mass is 16.6. The van der Waals surface area contributed by atoms with Crippen LogP contribution < -0.4 is 0 Å². The number of epoxide rings is 1. The molecule has 2 aliphatic heterocycles. The van der Waals surface area contributed by atoms with E-state index in [1.54, 1.807) is 0 Å². The lowest BCUT2D eigenvalue weighted by Gasteiger charge is -2.63. The molecule has 0 amide bonds. The molecule has 2 heterocycles. The van der Waals surface area contributed by atoms with Gasteiger partial charge in [-0.3, -0.25) is 14.4 Å². The van der Waals surface area contributed by atoms with Crippen LogP contribution in [0.3, 0.4) is 0 Å². The highest BCUT2D eigenvalue weighted by Crippen LogP contribution is 2.76.